The molecule has 0 bridgehead atoms. The monoisotopic (exact) mass is 666 g/mol. The van der Waals surface area contributed by atoms with Gasteiger partial charge in [-0.05, 0) is 86.1 Å². The second-order valence-electron chi connectivity index (χ2n) is 13.1. The molecule has 2 heterocycles. The molecule has 7 rings (SSSR count). The van der Waals surface area contributed by atoms with Crippen molar-refractivity contribution in [3.63, 3.8) is 0 Å². The highest BCUT2D eigenvalue weighted by Gasteiger charge is 2.57. The van der Waals surface area contributed by atoms with E-state index in [9.17, 15) is 19.5 Å². The molecule has 0 radical (unpaired) electrons. The molecule has 45 heavy (non-hydrogen) atoms. The van der Waals surface area contributed by atoms with Crippen LogP contribution in [0.4, 0.5) is 10.5 Å². The summed E-state index contributed by atoms with van der Waals surface area (Å²) in [5.41, 5.74) is 3.64. The van der Waals surface area contributed by atoms with Crippen molar-refractivity contribution in [2.24, 2.45) is 5.41 Å². The second kappa shape index (κ2) is 11.6. The topological polar surface area (TPSA) is 77.9 Å². The Balaban J connectivity index is 1.26. The number of likely N-dealkylation sites (tertiary alicyclic amines) is 2. The Morgan fingerprint density at radius 1 is 0.867 bits per heavy atom. The van der Waals surface area contributed by atoms with Crippen LogP contribution in [0.25, 0.3) is 0 Å². The summed E-state index contributed by atoms with van der Waals surface area (Å²) < 4.78 is -0.0140. The SMILES string of the molecule is O=C(O)N1CCC2(CC1)CC[N+](C(=O)c1ccc3c(c1)C(N(C(=O)c1ccccc1Cl)C1CC1)CC3)(c1c(Cl)cccc1Cl)C2. The summed E-state index contributed by atoms with van der Waals surface area (Å²) in [5.74, 6) is -0.149. The number of nitrogens with zero attached hydrogens (tertiary/aromatic N) is 3. The minimum atomic E-state index is -0.908. The zero-order valence-corrected chi connectivity index (χ0v) is 27.1. The van der Waals surface area contributed by atoms with Crippen molar-refractivity contribution in [2.75, 3.05) is 26.2 Å². The van der Waals surface area contributed by atoms with Gasteiger partial charge in [0, 0.05) is 31.0 Å². The molecule has 2 aliphatic heterocycles. The molecule has 4 aliphatic rings. The van der Waals surface area contributed by atoms with Gasteiger partial charge in [0.1, 0.15) is 10.0 Å². The first kappa shape index (κ1) is 30.5. The van der Waals surface area contributed by atoms with Gasteiger partial charge in [0.25, 0.3) is 5.91 Å². The van der Waals surface area contributed by atoms with Crippen LogP contribution in [-0.4, -0.2) is 65.0 Å². The van der Waals surface area contributed by atoms with Gasteiger partial charge < -0.3 is 14.9 Å². The number of hydrogen-bond donors (Lipinski definition) is 1. The maximum absolute atomic E-state index is 14.9. The quantitative estimate of drug-likeness (QED) is 0.278. The largest absolute Gasteiger partial charge is 0.465 e. The molecule has 2 atom stereocenters. The molecule has 3 amide bonds. The van der Waals surface area contributed by atoms with Crippen LogP contribution in [0, 0.1) is 5.41 Å². The lowest BCUT2D eigenvalue weighted by Crippen LogP contribution is -2.55. The normalized spacial score (nSPS) is 23.6. The lowest BCUT2D eigenvalue weighted by atomic mass is 9.77. The number of piperidine rings is 1. The maximum atomic E-state index is 14.9. The zero-order valence-electron chi connectivity index (χ0n) is 24.9. The van der Waals surface area contributed by atoms with Crippen LogP contribution in [0.1, 0.15) is 76.4 Å². The third kappa shape index (κ3) is 5.32. The second-order valence-corrected chi connectivity index (χ2v) is 14.4. The summed E-state index contributed by atoms with van der Waals surface area (Å²) in [6.45, 7) is 1.91. The molecule has 2 unspecified atom stereocenters. The van der Waals surface area contributed by atoms with Gasteiger partial charge >= 0.3 is 12.0 Å². The summed E-state index contributed by atoms with van der Waals surface area (Å²) in [7, 11) is 0. The Bertz CT molecular complexity index is 1680. The third-order valence-electron chi connectivity index (χ3n) is 10.5. The minimum absolute atomic E-state index is 0.0140. The number of benzene rings is 3. The van der Waals surface area contributed by atoms with Gasteiger partial charge in [-0.2, -0.15) is 0 Å². The lowest BCUT2D eigenvalue weighted by Gasteiger charge is -2.39. The molecule has 1 spiro atoms. The number of hydrogen-bond acceptors (Lipinski definition) is 3. The number of amides is 3. The van der Waals surface area contributed by atoms with Gasteiger partial charge in [0.15, 0.2) is 5.69 Å². The molecule has 7 nitrogen and oxygen atoms in total. The first-order valence-corrected chi connectivity index (χ1v) is 16.8. The molecule has 3 fully saturated rings. The molecule has 1 N–H and O–H groups in total. The first-order valence-electron chi connectivity index (χ1n) is 15.7. The fourth-order valence-electron chi connectivity index (χ4n) is 8.04. The molecular weight excluding hydrogens is 633 g/mol. The smallest absolute Gasteiger partial charge is 0.407 e. The predicted octanol–water partition coefficient (Wildman–Crippen LogP) is 8.25. The minimum Gasteiger partial charge on any atom is -0.465 e. The van der Waals surface area contributed by atoms with Crippen LogP contribution >= 0.6 is 34.8 Å². The molecule has 0 aromatic heterocycles. The zero-order chi connectivity index (χ0) is 31.5. The maximum Gasteiger partial charge on any atom is 0.407 e. The first-order chi connectivity index (χ1) is 21.6. The number of halogens is 3. The van der Waals surface area contributed by atoms with Crippen molar-refractivity contribution in [1.82, 2.24) is 14.3 Å². The number of rotatable bonds is 5. The number of carbonyl (C=O) groups is 3. The van der Waals surface area contributed by atoms with Gasteiger partial charge in [-0.3, -0.25) is 4.79 Å². The lowest BCUT2D eigenvalue weighted by molar-refractivity contribution is 0.0658. The van der Waals surface area contributed by atoms with Crippen molar-refractivity contribution >= 4 is 58.4 Å². The molecule has 3 aromatic carbocycles. The van der Waals surface area contributed by atoms with Crippen LogP contribution < -0.4 is 4.48 Å². The van der Waals surface area contributed by atoms with E-state index in [1.807, 2.05) is 35.2 Å². The Hall–Kier alpha value is -3.10. The number of carboxylic acid groups (broad SMARTS) is 1. The average Bonchev–Trinajstić information content (AvgIpc) is 3.68. The molecule has 2 aliphatic carbocycles. The van der Waals surface area contributed by atoms with E-state index in [1.165, 1.54) is 4.90 Å². The fraction of sp³-hybridized carbons (Fsp3) is 0.400. The van der Waals surface area contributed by atoms with Crippen molar-refractivity contribution in [2.45, 2.75) is 57.0 Å². The number of fused-ring (bicyclic) bond motifs is 1. The number of carbonyl (C=O) groups excluding carboxylic acids is 2. The van der Waals surface area contributed by atoms with Crippen LogP contribution in [0.3, 0.4) is 0 Å². The van der Waals surface area contributed by atoms with Crippen molar-refractivity contribution in [3.05, 3.63) is 98.0 Å². The van der Waals surface area contributed by atoms with E-state index in [1.54, 1.807) is 30.3 Å². The van der Waals surface area contributed by atoms with Crippen molar-refractivity contribution in [1.29, 1.82) is 0 Å². The number of para-hydroxylation sites is 1. The van der Waals surface area contributed by atoms with E-state index >= 15 is 0 Å². The Morgan fingerprint density at radius 2 is 1.56 bits per heavy atom. The van der Waals surface area contributed by atoms with Gasteiger partial charge in [-0.1, -0.05) is 59.1 Å². The van der Waals surface area contributed by atoms with Crippen LogP contribution in [0.15, 0.2) is 60.7 Å². The third-order valence-corrected chi connectivity index (χ3v) is 11.5. The Labute approximate surface area is 277 Å². The van der Waals surface area contributed by atoms with E-state index in [-0.39, 0.29) is 33.8 Å². The van der Waals surface area contributed by atoms with E-state index in [0.717, 1.165) is 43.2 Å². The molecule has 2 saturated heterocycles. The summed E-state index contributed by atoms with van der Waals surface area (Å²) in [6.07, 6.45) is 4.74. The van der Waals surface area contributed by atoms with E-state index in [4.69, 9.17) is 34.8 Å². The van der Waals surface area contributed by atoms with Gasteiger partial charge in [0.05, 0.1) is 35.3 Å². The summed E-state index contributed by atoms with van der Waals surface area (Å²) in [4.78, 5) is 44.0. The summed E-state index contributed by atoms with van der Waals surface area (Å²) >= 11 is 20.1. The molecule has 10 heteroatoms. The standard InChI is InChI=1S/C35H34Cl3N3O4/c36-27-5-2-1-4-25(27)32(42)40(24-11-12-24)30-13-10-22-8-9-23(20-26(22)30)33(43)41(31-28(37)6-3-7-29(31)38)19-16-35(21-41)14-17-39(18-15-35)34(44)45/h1-9,20,24,30H,10-19,21H2/p+1. The van der Waals surface area contributed by atoms with E-state index in [0.29, 0.717) is 70.9 Å². The van der Waals surface area contributed by atoms with E-state index < -0.39 is 6.09 Å². The molecular formula is C35H35Cl3N3O4+. The number of quaternary nitrogens is 1. The fourth-order valence-corrected chi connectivity index (χ4v) is 8.98. The summed E-state index contributed by atoms with van der Waals surface area (Å²) in [5, 5.41) is 10.9. The molecule has 1 saturated carbocycles. The average molecular weight is 668 g/mol. The van der Waals surface area contributed by atoms with Crippen molar-refractivity contribution in [3.8, 4) is 0 Å². The Kier molecular flexibility index (Phi) is 7.88. The van der Waals surface area contributed by atoms with Crippen LogP contribution in [0.5, 0.6) is 0 Å². The van der Waals surface area contributed by atoms with Gasteiger partial charge in [-0.25, -0.2) is 14.1 Å². The molecule has 3 aromatic rings. The summed E-state index contributed by atoms with van der Waals surface area (Å²) in [6, 6.07) is 18.5. The van der Waals surface area contributed by atoms with Gasteiger partial charge in [-0.15, -0.1) is 0 Å². The van der Waals surface area contributed by atoms with E-state index in [2.05, 4.69) is 0 Å². The molecule has 234 valence electrons. The Morgan fingerprint density at radius 3 is 2.22 bits per heavy atom. The van der Waals surface area contributed by atoms with Crippen LogP contribution in [-0.2, 0) is 6.42 Å². The highest BCUT2D eigenvalue weighted by molar-refractivity contribution is 6.39. The highest BCUT2D eigenvalue weighted by Crippen LogP contribution is 2.51. The predicted molar refractivity (Wildman–Crippen MR) is 176 cm³/mol. The number of aryl methyl sites for hydroxylation is 1. The highest BCUT2D eigenvalue weighted by atomic mass is 35.5. The van der Waals surface area contributed by atoms with Crippen LogP contribution in [0.2, 0.25) is 15.1 Å². The van der Waals surface area contributed by atoms with Gasteiger partial charge in [0.2, 0.25) is 0 Å². The van der Waals surface area contributed by atoms with Crippen molar-refractivity contribution < 1.29 is 19.5 Å².